The smallest absolute Gasteiger partial charge is 0.334 e. The van der Waals surface area contributed by atoms with Crippen LogP contribution in [0.3, 0.4) is 0 Å². The predicted molar refractivity (Wildman–Crippen MR) is 97.5 cm³/mol. The number of aryl methyl sites for hydroxylation is 2. The van der Waals surface area contributed by atoms with Crippen molar-refractivity contribution < 1.29 is 13.7 Å². The SMILES string of the molecule is Cc1ccc(Nc2ncnc(Nc3ccc(F)c(F)c3)c2[N+](=O)[O-])cc1C. The summed E-state index contributed by atoms with van der Waals surface area (Å²) in [7, 11) is 0. The zero-order chi connectivity index (χ0) is 19.6. The Kier molecular flexibility index (Phi) is 4.93. The third-order valence-electron chi connectivity index (χ3n) is 3.96. The quantitative estimate of drug-likeness (QED) is 0.496. The van der Waals surface area contributed by atoms with Crippen LogP contribution in [-0.2, 0) is 0 Å². The van der Waals surface area contributed by atoms with Crippen molar-refractivity contribution in [2.75, 3.05) is 10.6 Å². The number of anilines is 4. The third kappa shape index (κ3) is 3.97. The Labute approximate surface area is 153 Å². The van der Waals surface area contributed by atoms with E-state index in [9.17, 15) is 18.9 Å². The molecule has 1 heterocycles. The summed E-state index contributed by atoms with van der Waals surface area (Å²) in [4.78, 5) is 18.7. The molecule has 7 nitrogen and oxygen atoms in total. The lowest BCUT2D eigenvalue weighted by Crippen LogP contribution is -2.06. The number of hydrogen-bond acceptors (Lipinski definition) is 6. The standard InChI is InChI=1S/C18H15F2N5O2/c1-10-3-4-12(7-11(10)2)23-17-16(25(26)27)18(22-9-21-17)24-13-5-6-14(19)15(20)8-13/h3-9H,1-2H3,(H2,21,22,23,24). The lowest BCUT2D eigenvalue weighted by Gasteiger charge is -2.11. The van der Waals surface area contributed by atoms with Gasteiger partial charge in [-0.3, -0.25) is 10.1 Å². The summed E-state index contributed by atoms with van der Waals surface area (Å²) in [5.41, 5.74) is 2.42. The van der Waals surface area contributed by atoms with Crippen molar-refractivity contribution >= 4 is 28.7 Å². The van der Waals surface area contributed by atoms with Crippen LogP contribution in [0.25, 0.3) is 0 Å². The van der Waals surface area contributed by atoms with Crippen LogP contribution in [0.15, 0.2) is 42.7 Å². The van der Waals surface area contributed by atoms with E-state index < -0.39 is 22.2 Å². The van der Waals surface area contributed by atoms with Gasteiger partial charge < -0.3 is 10.6 Å². The summed E-state index contributed by atoms with van der Waals surface area (Å²) < 4.78 is 26.5. The lowest BCUT2D eigenvalue weighted by molar-refractivity contribution is -0.383. The predicted octanol–water partition coefficient (Wildman–Crippen LogP) is 4.77. The summed E-state index contributed by atoms with van der Waals surface area (Å²) in [6.07, 6.45) is 1.14. The minimum atomic E-state index is -1.08. The van der Waals surface area contributed by atoms with E-state index in [2.05, 4.69) is 20.6 Å². The molecule has 0 fully saturated rings. The maximum atomic E-state index is 13.4. The van der Waals surface area contributed by atoms with Crippen molar-refractivity contribution in [2.24, 2.45) is 0 Å². The number of nitrogens with zero attached hydrogens (tertiary/aromatic N) is 3. The Bertz CT molecular complexity index is 955. The van der Waals surface area contributed by atoms with Crippen molar-refractivity contribution in [3.63, 3.8) is 0 Å². The molecule has 0 saturated carbocycles. The van der Waals surface area contributed by atoms with Crippen LogP contribution in [0.4, 0.5) is 37.5 Å². The molecule has 0 unspecified atom stereocenters. The number of benzene rings is 2. The van der Waals surface area contributed by atoms with E-state index in [-0.39, 0.29) is 17.3 Å². The van der Waals surface area contributed by atoms with Crippen molar-refractivity contribution in [1.29, 1.82) is 0 Å². The van der Waals surface area contributed by atoms with Gasteiger partial charge in [-0.25, -0.2) is 18.7 Å². The molecule has 3 aromatic rings. The average molecular weight is 371 g/mol. The van der Waals surface area contributed by atoms with E-state index in [1.54, 1.807) is 6.07 Å². The largest absolute Gasteiger partial charge is 0.353 e. The van der Waals surface area contributed by atoms with Gasteiger partial charge in [-0.15, -0.1) is 0 Å². The lowest BCUT2D eigenvalue weighted by atomic mass is 10.1. The molecular weight excluding hydrogens is 356 g/mol. The van der Waals surface area contributed by atoms with Crippen LogP contribution in [-0.4, -0.2) is 14.9 Å². The zero-order valence-electron chi connectivity index (χ0n) is 14.5. The molecule has 0 bridgehead atoms. The first-order chi connectivity index (χ1) is 12.8. The number of hydrogen-bond donors (Lipinski definition) is 2. The Morgan fingerprint density at radius 1 is 0.889 bits per heavy atom. The van der Waals surface area contributed by atoms with Crippen molar-refractivity contribution in [2.45, 2.75) is 13.8 Å². The fraction of sp³-hybridized carbons (Fsp3) is 0.111. The molecule has 0 spiro atoms. The molecule has 0 amide bonds. The Morgan fingerprint density at radius 3 is 2.04 bits per heavy atom. The summed E-state index contributed by atoms with van der Waals surface area (Å²) >= 11 is 0. The van der Waals surface area contributed by atoms with Crippen LogP contribution in [0.1, 0.15) is 11.1 Å². The van der Waals surface area contributed by atoms with Crippen LogP contribution in [0.5, 0.6) is 0 Å². The summed E-state index contributed by atoms with van der Waals surface area (Å²) in [6.45, 7) is 3.88. The highest BCUT2D eigenvalue weighted by Gasteiger charge is 2.23. The van der Waals surface area contributed by atoms with Crippen LogP contribution in [0, 0.1) is 35.6 Å². The molecule has 138 valence electrons. The fourth-order valence-corrected chi connectivity index (χ4v) is 2.40. The van der Waals surface area contributed by atoms with E-state index in [1.165, 1.54) is 6.07 Å². The van der Waals surface area contributed by atoms with E-state index in [1.807, 2.05) is 26.0 Å². The normalized spacial score (nSPS) is 10.5. The molecule has 0 saturated heterocycles. The van der Waals surface area contributed by atoms with Crippen molar-refractivity contribution in [1.82, 2.24) is 9.97 Å². The average Bonchev–Trinajstić information content (AvgIpc) is 2.61. The number of nitrogens with one attached hydrogen (secondary N) is 2. The molecule has 2 N–H and O–H groups in total. The second-order valence-electron chi connectivity index (χ2n) is 5.85. The first-order valence-corrected chi connectivity index (χ1v) is 7.91. The van der Waals surface area contributed by atoms with Gasteiger partial charge in [0, 0.05) is 17.4 Å². The number of aromatic nitrogens is 2. The first kappa shape index (κ1) is 18.2. The molecule has 0 aliphatic heterocycles. The summed E-state index contributed by atoms with van der Waals surface area (Å²) in [5.74, 6) is -2.27. The van der Waals surface area contributed by atoms with Gasteiger partial charge in [0.15, 0.2) is 11.6 Å². The minimum absolute atomic E-state index is 0.0247. The second-order valence-corrected chi connectivity index (χ2v) is 5.85. The summed E-state index contributed by atoms with van der Waals surface area (Å²) in [6, 6.07) is 8.54. The molecule has 0 radical (unpaired) electrons. The molecule has 27 heavy (non-hydrogen) atoms. The molecule has 0 atom stereocenters. The van der Waals surface area contributed by atoms with Crippen LogP contribution < -0.4 is 10.6 Å². The Balaban J connectivity index is 1.97. The van der Waals surface area contributed by atoms with E-state index in [0.717, 1.165) is 29.6 Å². The number of rotatable bonds is 5. The Hall–Kier alpha value is -3.62. The summed E-state index contributed by atoms with van der Waals surface area (Å²) in [5, 5.41) is 17.1. The molecule has 1 aromatic heterocycles. The number of halogens is 2. The van der Waals surface area contributed by atoms with Gasteiger partial charge in [0.1, 0.15) is 6.33 Å². The third-order valence-corrected chi connectivity index (χ3v) is 3.96. The van der Waals surface area contributed by atoms with Gasteiger partial charge in [0.05, 0.1) is 4.92 Å². The van der Waals surface area contributed by atoms with Gasteiger partial charge in [-0.1, -0.05) is 6.07 Å². The maximum Gasteiger partial charge on any atom is 0.353 e. The first-order valence-electron chi connectivity index (χ1n) is 7.91. The van der Waals surface area contributed by atoms with E-state index >= 15 is 0 Å². The van der Waals surface area contributed by atoms with Crippen molar-refractivity contribution in [3.8, 4) is 0 Å². The maximum absolute atomic E-state index is 13.4. The monoisotopic (exact) mass is 371 g/mol. The van der Waals surface area contributed by atoms with E-state index in [0.29, 0.717) is 5.69 Å². The topological polar surface area (TPSA) is 93.0 Å². The minimum Gasteiger partial charge on any atom is -0.334 e. The van der Waals surface area contributed by atoms with Crippen molar-refractivity contribution in [3.05, 3.63) is 75.6 Å². The molecule has 9 heteroatoms. The molecular formula is C18H15F2N5O2. The van der Waals surface area contributed by atoms with Gasteiger partial charge in [-0.05, 0) is 49.2 Å². The van der Waals surface area contributed by atoms with Gasteiger partial charge in [0.2, 0.25) is 11.6 Å². The van der Waals surface area contributed by atoms with Gasteiger partial charge in [-0.2, -0.15) is 0 Å². The van der Waals surface area contributed by atoms with Crippen LogP contribution in [0.2, 0.25) is 0 Å². The molecule has 0 aliphatic rings. The van der Waals surface area contributed by atoms with Gasteiger partial charge in [0.25, 0.3) is 0 Å². The highest BCUT2D eigenvalue weighted by Crippen LogP contribution is 2.33. The molecule has 2 aromatic carbocycles. The van der Waals surface area contributed by atoms with Gasteiger partial charge >= 0.3 is 5.69 Å². The zero-order valence-corrected chi connectivity index (χ0v) is 14.5. The van der Waals surface area contributed by atoms with Crippen LogP contribution >= 0.6 is 0 Å². The van der Waals surface area contributed by atoms with E-state index in [4.69, 9.17) is 0 Å². The molecule has 0 aliphatic carbocycles. The Morgan fingerprint density at radius 2 is 1.48 bits per heavy atom. The molecule has 3 rings (SSSR count). The number of nitro groups is 1. The highest BCUT2D eigenvalue weighted by molar-refractivity contribution is 5.76. The fourth-order valence-electron chi connectivity index (χ4n) is 2.40. The highest BCUT2D eigenvalue weighted by atomic mass is 19.2. The second kappa shape index (κ2) is 7.32.